The number of pyridine rings is 1. The van der Waals surface area contributed by atoms with E-state index in [1.54, 1.807) is 13.0 Å². The van der Waals surface area contributed by atoms with Gasteiger partial charge < -0.3 is 10.1 Å². The van der Waals surface area contributed by atoms with E-state index in [4.69, 9.17) is 5.11 Å². The van der Waals surface area contributed by atoms with Crippen molar-refractivity contribution in [3.05, 3.63) is 71.7 Å². The average Bonchev–Trinajstić information content (AvgIpc) is 3.24. The van der Waals surface area contributed by atoms with Gasteiger partial charge in [-0.3, -0.25) is 4.68 Å². The van der Waals surface area contributed by atoms with E-state index in [-0.39, 0.29) is 37.4 Å². The molecule has 0 atom stereocenters. The topological polar surface area (TPSA) is 50.9 Å². The van der Waals surface area contributed by atoms with Gasteiger partial charge in [-0.2, -0.15) is 57.8 Å². The third kappa shape index (κ3) is 8.17. The molecule has 0 aliphatic rings. The van der Waals surface area contributed by atoms with Gasteiger partial charge in [0, 0.05) is 38.7 Å². The number of hydrogen-bond donors (Lipinski definition) is 1. The van der Waals surface area contributed by atoms with Crippen LogP contribution in [0.5, 0.6) is 0 Å². The number of benzene rings is 1. The molecule has 2 aromatic heterocycles. The van der Waals surface area contributed by atoms with Gasteiger partial charge in [-0.25, -0.2) is 0 Å². The second kappa shape index (κ2) is 11.6. The zero-order valence-electron chi connectivity index (χ0n) is 18.5. The fraction of sp³-hybridized carbons (Fsp3) is 0.333. The van der Waals surface area contributed by atoms with Crippen molar-refractivity contribution in [3.8, 4) is 11.3 Å². The van der Waals surface area contributed by atoms with E-state index in [2.05, 4.69) is 10.1 Å². The van der Waals surface area contributed by atoms with Crippen LogP contribution >= 0.6 is 0 Å². The summed E-state index contributed by atoms with van der Waals surface area (Å²) in [5, 5.41) is 11.9. The van der Waals surface area contributed by atoms with Gasteiger partial charge in [0.1, 0.15) is 0 Å². The van der Waals surface area contributed by atoms with Crippen molar-refractivity contribution < 1.29 is 77.9 Å². The first-order chi connectivity index (χ1) is 16.6. The molecule has 0 saturated carbocycles. The molecule has 17 heteroatoms. The maximum atomic E-state index is 12.7. The minimum atomic E-state index is -5.82. The fourth-order valence-corrected chi connectivity index (χ4v) is 2.68. The Labute approximate surface area is 219 Å². The standard InChI is InChI=1S/C14H8F6N.C7H6F6N2O.Ir/c1-8-2-3-21-12(4-8)9-5-10(13(15,16)17)7-11(6-9)14(18,19)20;8-6(9,10)5(16,7(11,12)13)4-15-3-1-2-14-15;/h2-5,7H,1H3;1-3,16H,4H2;/q-1;;. The molecule has 213 valence electrons. The van der Waals surface area contributed by atoms with Gasteiger partial charge in [-0.05, 0) is 35.9 Å². The molecule has 0 aliphatic heterocycles. The number of aryl methyl sites for hydroxylation is 1. The maximum Gasteiger partial charge on any atom is 0.428 e. The summed E-state index contributed by atoms with van der Waals surface area (Å²) in [6.07, 6.45) is -18.2. The number of alkyl halides is 12. The molecule has 38 heavy (non-hydrogen) atoms. The first-order valence-electron chi connectivity index (χ1n) is 9.63. The van der Waals surface area contributed by atoms with Crippen LogP contribution in [0.4, 0.5) is 52.7 Å². The molecule has 1 radical (unpaired) electrons. The van der Waals surface area contributed by atoms with Crippen molar-refractivity contribution in [1.82, 2.24) is 14.8 Å². The van der Waals surface area contributed by atoms with E-state index in [9.17, 15) is 52.7 Å². The molecule has 0 unspecified atom stereocenters. The average molecular weight is 745 g/mol. The van der Waals surface area contributed by atoms with E-state index in [0.29, 0.717) is 16.3 Å². The third-order valence-corrected chi connectivity index (χ3v) is 4.58. The summed E-state index contributed by atoms with van der Waals surface area (Å²) >= 11 is 0. The Bertz CT molecular complexity index is 1140. The first-order valence-corrected chi connectivity index (χ1v) is 9.63. The number of hydrogen-bond acceptors (Lipinski definition) is 3. The van der Waals surface area contributed by atoms with Crippen molar-refractivity contribution in [2.24, 2.45) is 0 Å². The number of aliphatic hydroxyl groups is 1. The normalized spacial score (nSPS) is 12.9. The predicted octanol–water partition coefficient (Wildman–Crippen LogP) is 6.63. The summed E-state index contributed by atoms with van der Waals surface area (Å²) in [7, 11) is 0. The van der Waals surface area contributed by atoms with E-state index in [0.717, 1.165) is 18.5 Å². The number of rotatable bonds is 3. The van der Waals surface area contributed by atoms with Gasteiger partial charge in [-0.15, -0.1) is 23.8 Å². The Balaban J connectivity index is 0.000000384. The Morgan fingerprint density at radius 2 is 1.42 bits per heavy atom. The molecule has 3 rings (SSSR count). The van der Waals surface area contributed by atoms with Crippen molar-refractivity contribution in [2.75, 3.05) is 0 Å². The Morgan fingerprint density at radius 3 is 1.84 bits per heavy atom. The summed E-state index contributed by atoms with van der Waals surface area (Å²) in [5.74, 6) is 0. The van der Waals surface area contributed by atoms with Crippen LogP contribution in [0, 0.1) is 13.0 Å². The quantitative estimate of drug-likeness (QED) is 0.242. The summed E-state index contributed by atoms with van der Waals surface area (Å²) in [4.78, 5) is 3.79. The van der Waals surface area contributed by atoms with Gasteiger partial charge in [-0.1, -0.05) is 11.6 Å². The molecule has 1 N–H and O–H groups in total. The van der Waals surface area contributed by atoms with Crippen LogP contribution in [0.2, 0.25) is 0 Å². The molecule has 1 aromatic carbocycles. The van der Waals surface area contributed by atoms with Gasteiger partial charge in [0.25, 0.3) is 5.60 Å². The molecule has 3 aromatic rings. The van der Waals surface area contributed by atoms with Gasteiger partial charge in [0.15, 0.2) is 0 Å². The second-order valence-corrected chi connectivity index (χ2v) is 7.47. The minimum absolute atomic E-state index is 0. The van der Waals surface area contributed by atoms with E-state index in [1.807, 2.05) is 6.07 Å². The molecule has 4 nitrogen and oxygen atoms in total. The number of aromatic nitrogens is 3. The number of halogens is 12. The summed E-state index contributed by atoms with van der Waals surface area (Å²) in [6.45, 7) is -0.0730. The zero-order valence-corrected chi connectivity index (χ0v) is 20.9. The van der Waals surface area contributed by atoms with E-state index in [1.165, 1.54) is 12.3 Å². The fourth-order valence-electron chi connectivity index (χ4n) is 2.68. The summed E-state index contributed by atoms with van der Waals surface area (Å²) < 4.78 is 150. The number of nitrogens with zero attached hydrogens (tertiary/aromatic N) is 3. The maximum absolute atomic E-state index is 12.7. The zero-order chi connectivity index (χ0) is 28.4. The summed E-state index contributed by atoms with van der Waals surface area (Å²) in [5.41, 5.74) is -7.33. The molecular formula is C21H14F12IrN3O-. The third-order valence-electron chi connectivity index (χ3n) is 4.58. The van der Waals surface area contributed by atoms with Crippen molar-refractivity contribution in [2.45, 2.75) is 43.8 Å². The first kappa shape index (κ1) is 33.4. The van der Waals surface area contributed by atoms with Crippen LogP contribution < -0.4 is 0 Å². The molecule has 0 saturated heterocycles. The van der Waals surface area contributed by atoms with Crippen LogP contribution in [0.1, 0.15) is 16.7 Å². The predicted molar refractivity (Wildman–Crippen MR) is 103 cm³/mol. The smallest absolute Gasteiger partial charge is 0.372 e. The van der Waals surface area contributed by atoms with Gasteiger partial charge in [0.05, 0.1) is 6.54 Å². The van der Waals surface area contributed by atoms with Gasteiger partial charge in [0.2, 0.25) is 0 Å². The van der Waals surface area contributed by atoms with Crippen LogP contribution in [0.25, 0.3) is 11.3 Å². The SMILES string of the molecule is Cc1ccnc(-c2[c-]c(C(F)(F)F)cc(C(F)(F)F)c2)c1.OC(Cn1cccn1)(C(F)(F)F)C(F)(F)F.[Ir]. The summed E-state index contributed by atoms with van der Waals surface area (Å²) in [6, 6.07) is 6.73. The Kier molecular flexibility index (Phi) is 10.2. The molecule has 2 heterocycles. The van der Waals surface area contributed by atoms with Crippen LogP contribution in [-0.4, -0.2) is 37.8 Å². The second-order valence-electron chi connectivity index (χ2n) is 7.47. The molecular weight excluding hydrogens is 730 g/mol. The van der Waals surface area contributed by atoms with Crippen molar-refractivity contribution >= 4 is 0 Å². The van der Waals surface area contributed by atoms with Crippen molar-refractivity contribution in [1.29, 1.82) is 0 Å². The minimum Gasteiger partial charge on any atom is -0.372 e. The van der Waals surface area contributed by atoms with Gasteiger partial charge >= 0.3 is 24.7 Å². The molecule has 0 fully saturated rings. The Morgan fingerprint density at radius 1 is 0.842 bits per heavy atom. The monoisotopic (exact) mass is 745 g/mol. The van der Waals surface area contributed by atoms with E-state index >= 15 is 0 Å². The molecule has 0 bridgehead atoms. The molecule has 0 spiro atoms. The van der Waals surface area contributed by atoms with E-state index < -0.39 is 48.0 Å². The van der Waals surface area contributed by atoms with Crippen LogP contribution in [0.3, 0.4) is 0 Å². The molecule has 0 amide bonds. The Hall–Kier alpha value is -2.65. The van der Waals surface area contributed by atoms with Crippen LogP contribution in [0.15, 0.2) is 48.9 Å². The van der Waals surface area contributed by atoms with Crippen LogP contribution in [-0.2, 0) is 39.0 Å². The molecule has 0 aliphatic carbocycles. The van der Waals surface area contributed by atoms with Crippen molar-refractivity contribution in [3.63, 3.8) is 0 Å². The largest absolute Gasteiger partial charge is 0.428 e.